The molecule has 0 saturated heterocycles. The number of H-pyrrole nitrogens is 2. The predicted octanol–water partition coefficient (Wildman–Crippen LogP) is 6.16. The van der Waals surface area contributed by atoms with Gasteiger partial charge in [-0.05, 0) is 78.4 Å². The number of aromatic nitrogens is 3. The third-order valence-electron chi connectivity index (χ3n) is 5.92. The first-order valence-corrected chi connectivity index (χ1v) is 13.7. The van der Waals surface area contributed by atoms with Crippen molar-refractivity contribution in [3.8, 4) is 11.4 Å². The van der Waals surface area contributed by atoms with Crippen LogP contribution in [0.2, 0.25) is 0 Å². The summed E-state index contributed by atoms with van der Waals surface area (Å²) in [6.07, 6.45) is 2.21. The Morgan fingerprint density at radius 1 is 1.00 bits per heavy atom. The van der Waals surface area contributed by atoms with Crippen LogP contribution in [-0.4, -0.2) is 39.1 Å². The maximum absolute atomic E-state index is 12.1. The molecule has 4 aromatic rings. The van der Waals surface area contributed by atoms with Gasteiger partial charge >= 0.3 is 0 Å². The maximum Gasteiger partial charge on any atom is 0.247 e. The number of amides is 1. The van der Waals surface area contributed by atoms with Crippen molar-refractivity contribution >= 4 is 41.7 Å². The van der Waals surface area contributed by atoms with E-state index in [4.69, 9.17) is 29.2 Å². The molecule has 1 heterocycles. The standard InChI is InChI=1S/C29H32N6O3S2/c1-2-13-30-27(37)17-24(36)14-21-15-25(11-12-26(21)31-18-20-7-4-3-5-8-20)38-19-32-22-9-6-10-23(16-22)35-28(39)33-34-29(35)40/h3-12,15-17,31-32,36H,2,13-14,18-19H2,1H3,(H,30,37)(H,33,39)(H,34,40)/b24-17-. The number of carbonyl (C=O) groups excluding carboxylic acids is 1. The van der Waals surface area contributed by atoms with Gasteiger partial charge in [0.1, 0.15) is 11.5 Å². The Hall–Kier alpha value is -4.35. The zero-order valence-electron chi connectivity index (χ0n) is 22.1. The normalized spacial score (nSPS) is 11.2. The number of aliphatic hydroxyl groups is 1. The fourth-order valence-corrected chi connectivity index (χ4v) is 4.52. The first-order valence-electron chi connectivity index (χ1n) is 12.9. The zero-order valence-corrected chi connectivity index (χ0v) is 23.7. The SMILES string of the molecule is CCCNC(=O)/C=C(\O)Cc1cc(OCNc2cccc(-n3c(=S)[nH][nH]c3=S)c2)ccc1NCc1ccccc1. The number of hydrogen-bond acceptors (Lipinski definition) is 7. The molecule has 0 aliphatic heterocycles. The highest BCUT2D eigenvalue weighted by Gasteiger charge is 2.10. The lowest BCUT2D eigenvalue weighted by molar-refractivity contribution is -0.116. The van der Waals surface area contributed by atoms with Gasteiger partial charge in [0.05, 0.1) is 5.69 Å². The second-order valence-electron chi connectivity index (χ2n) is 8.97. The Kier molecular flexibility index (Phi) is 10.1. The van der Waals surface area contributed by atoms with E-state index in [-0.39, 0.29) is 24.8 Å². The van der Waals surface area contributed by atoms with Crippen LogP contribution in [0.4, 0.5) is 11.4 Å². The largest absolute Gasteiger partial charge is 0.512 e. The highest BCUT2D eigenvalue weighted by molar-refractivity contribution is 7.72. The summed E-state index contributed by atoms with van der Waals surface area (Å²) >= 11 is 10.6. The molecule has 1 aromatic heterocycles. The zero-order chi connectivity index (χ0) is 28.3. The number of carbonyl (C=O) groups is 1. The van der Waals surface area contributed by atoms with Crippen molar-refractivity contribution in [2.24, 2.45) is 0 Å². The number of ether oxygens (including phenoxy) is 1. The second-order valence-corrected chi connectivity index (χ2v) is 9.75. The lowest BCUT2D eigenvalue weighted by atomic mass is 10.1. The Morgan fingerprint density at radius 2 is 1.77 bits per heavy atom. The van der Waals surface area contributed by atoms with Gasteiger partial charge in [-0.15, -0.1) is 0 Å². The van der Waals surface area contributed by atoms with E-state index in [0.717, 1.165) is 34.6 Å². The van der Waals surface area contributed by atoms with Crippen LogP contribution in [0.3, 0.4) is 0 Å². The van der Waals surface area contributed by atoms with Crippen molar-refractivity contribution in [2.75, 3.05) is 23.9 Å². The molecule has 4 rings (SSSR count). The van der Waals surface area contributed by atoms with Crippen molar-refractivity contribution in [2.45, 2.75) is 26.3 Å². The maximum atomic E-state index is 12.1. The Labute approximate surface area is 242 Å². The van der Waals surface area contributed by atoms with Crippen molar-refractivity contribution in [1.82, 2.24) is 20.1 Å². The van der Waals surface area contributed by atoms with E-state index in [1.165, 1.54) is 6.08 Å². The topological polar surface area (TPSA) is 119 Å². The van der Waals surface area contributed by atoms with Crippen molar-refractivity contribution in [3.63, 3.8) is 0 Å². The summed E-state index contributed by atoms with van der Waals surface area (Å²) in [5.74, 6) is 0.256. The van der Waals surface area contributed by atoms with Gasteiger partial charge in [0.25, 0.3) is 0 Å². The van der Waals surface area contributed by atoms with E-state index in [1.54, 1.807) is 4.57 Å². The fourth-order valence-electron chi connectivity index (χ4n) is 3.97. The average Bonchev–Trinajstić information content (AvgIpc) is 3.29. The molecule has 0 bridgehead atoms. The van der Waals surface area contributed by atoms with Crippen molar-refractivity contribution in [3.05, 3.63) is 105 Å². The number of allylic oxidation sites excluding steroid dienone is 1. The van der Waals surface area contributed by atoms with Gasteiger partial charge in [-0.2, -0.15) is 0 Å². The molecular weight excluding hydrogens is 544 g/mol. The minimum absolute atomic E-state index is 0.0369. The smallest absolute Gasteiger partial charge is 0.247 e. The highest BCUT2D eigenvalue weighted by atomic mass is 32.1. The van der Waals surface area contributed by atoms with Gasteiger partial charge in [0.2, 0.25) is 5.91 Å². The van der Waals surface area contributed by atoms with E-state index in [2.05, 4.69) is 26.1 Å². The van der Waals surface area contributed by atoms with Crippen LogP contribution >= 0.6 is 24.4 Å². The van der Waals surface area contributed by atoms with E-state index in [1.807, 2.05) is 79.7 Å². The van der Waals surface area contributed by atoms with Gasteiger partial charge in [-0.25, -0.2) is 0 Å². The number of hydrogen-bond donors (Lipinski definition) is 6. The number of aromatic amines is 2. The molecule has 208 valence electrons. The molecule has 0 spiro atoms. The highest BCUT2D eigenvalue weighted by Crippen LogP contribution is 2.25. The fraction of sp³-hybridized carbons (Fsp3) is 0.207. The number of aliphatic hydroxyl groups excluding tert-OH is 1. The molecule has 1 amide bonds. The van der Waals surface area contributed by atoms with Gasteiger partial charge in [0.15, 0.2) is 16.3 Å². The Bertz CT molecular complexity index is 1550. The molecule has 0 aliphatic rings. The third-order valence-corrected chi connectivity index (χ3v) is 6.49. The van der Waals surface area contributed by atoms with Crippen LogP contribution in [0, 0.1) is 9.54 Å². The lowest BCUT2D eigenvalue weighted by Gasteiger charge is -2.15. The summed E-state index contributed by atoms with van der Waals surface area (Å²) < 4.78 is 8.67. The number of anilines is 2. The summed E-state index contributed by atoms with van der Waals surface area (Å²) in [7, 11) is 0. The number of benzene rings is 3. The van der Waals surface area contributed by atoms with E-state index >= 15 is 0 Å². The molecule has 0 atom stereocenters. The minimum Gasteiger partial charge on any atom is -0.512 e. The Balaban J connectivity index is 1.46. The number of nitrogens with one attached hydrogen (secondary N) is 5. The average molecular weight is 577 g/mol. The molecule has 11 heteroatoms. The molecule has 0 fully saturated rings. The first-order chi connectivity index (χ1) is 19.4. The summed E-state index contributed by atoms with van der Waals surface area (Å²) in [4.78, 5) is 12.1. The predicted molar refractivity (Wildman–Crippen MR) is 163 cm³/mol. The van der Waals surface area contributed by atoms with Gasteiger partial charge in [-0.3, -0.25) is 19.6 Å². The van der Waals surface area contributed by atoms with Crippen LogP contribution in [0.5, 0.6) is 5.75 Å². The molecule has 0 saturated carbocycles. The molecule has 0 radical (unpaired) electrons. The second kappa shape index (κ2) is 14.2. The Morgan fingerprint density at radius 3 is 2.52 bits per heavy atom. The van der Waals surface area contributed by atoms with Crippen molar-refractivity contribution in [1.29, 1.82) is 0 Å². The van der Waals surface area contributed by atoms with E-state index in [9.17, 15) is 9.90 Å². The molecular formula is C29H32N6O3S2. The van der Waals surface area contributed by atoms with E-state index < -0.39 is 0 Å². The summed E-state index contributed by atoms with van der Waals surface area (Å²) in [5.41, 5.74) is 4.41. The summed E-state index contributed by atoms with van der Waals surface area (Å²) in [6.45, 7) is 3.34. The molecule has 6 N–H and O–H groups in total. The number of rotatable bonds is 13. The van der Waals surface area contributed by atoms with Gasteiger partial charge in [0, 0.05) is 37.0 Å². The first kappa shape index (κ1) is 28.7. The molecule has 9 nitrogen and oxygen atoms in total. The summed E-state index contributed by atoms with van der Waals surface area (Å²) in [6, 6.07) is 23.3. The molecule has 0 aliphatic carbocycles. The number of nitrogens with zero attached hydrogens (tertiary/aromatic N) is 1. The van der Waals surface area contributed by atoms with Gasteiger partial charge < -0.3 is 25.8 Å². The quantitative estimate of drug-likeness (QED) is 0.0488. The van der Waals surface area contributed by atoms with Crippen LogP contribution < -0.4 is 20.7 Å². The van der Waals surface area contributed by atoms with Crippen molar-refractivity contribution < 1.29 is 14.6 Å². The lowest BCUT2D eigenvalue weighted by Crippen LogP contribution is -2.22. The summed E-state index contributed by atoms with van der Waals surface area (Å²) in [5, 5.41) is 25.6. The minimum atomic E-state index is -0.320. The third kappa shape index (κ3) is 8.08. The monoisotopic (exact) mass is 576 g/mol. The van der Waals surface area contributed by atoms with Crippen LogP contribution in [0.25, 0.3) is 5.69 Å². The van der Waals surface area contributed by atoms with Crippen LogP contribution in [0.1, 0.15) is 24.5 Å². The molecule has 0 unspecified atom stereocenters. The molecule has 40 heavy (non-hydrogen) atoms. The van der Waals surface area contributed by atoms with E-state index in [0.29, 0.717) is 28.4 Å². The van der Waals surface area contributed by atoms with Gasteiger partial charge in [-0.1, -0.05) is 43.3 Å². The van der Waals surface area contributed by atoms with Crippen LogP contribution in [0.15, 0.2) is 84.6 Å². The molecule has 3 aromatic carbocycles. The van der Waals surface area contributed by atoms with Crippen LogP contribution in [-0.2, 0) is 17.8 Å².